The first-order chi connectivity index (χ1) is 9.44. The number of thiocarbonyl (C=S) groups is 1. The van der Waals surface area contributed by atoms with Crippen molar-refractivity contribution in [3.8, 4) is 0 Å². The van der Waals surface area contributed by atoms with Crippen molar-refractivity contribution in [1.29, 1.82) is 0 Å². The summed E-state index contributed by atoms with van der Waals surface area (Å²) in [7, 11) is 0. The van der Waals surface area contributed by atoms with Gasteiger partial charge in [0.25, 0.3) is 5.91 Å². The highest BCUT2D eigenvalue weighted by Crippen LogP contribution is 2.29. The monoisotopic (exact) mass is 358 g/mol. The van der Waals surface area contributed by atoms with Gasteiger partial charge in [0.15, 0.2) is 0 Å². The summed E-state index contributed by atoms with van der Waals surface area (Å²) < 4.78 is 13.5. The number of carbonyl (C=O) groups excluding carboxylic acids is 1. The maximum Gasteiger partial charge on any atom is 0.253 e. The molecule has 6 heteroatoms. The van der Waals surface area contributed by atoms with Crippen molar-refractivity contribution in [2.24, 2.45) is 5.73 Å². The van der Waals surface area contributed by atoms with E-state index in [1.165, 1.54) is 18.2 Å². The first-order valence-corrected chi connectivity index (χ1v) is 7.72. The quantitative estimate of drug-likeness (QED) is 0.815. The van der Waals surface area contributed by atoms with Crippen molar-refractivity contribution in [2.45, 2.75) is 37.6 Å². The Labute approximate surface area is 131 Å². The lowest BCUT2D eigenvalue weighted by Crippen LogP contribution is -2.57. The first-order valence-electron chi connectivity index (χ1n) is 6.52. The van der Waals surface area contributed by atoms with Crippen LogP contribution < -0.4 is 11.1 Å². The zero-order valence-electron chi connectivity index (χ0n) is 10.9. The van der Waals surface area contributed by atoms with Crippen LogP contribution in [0.5, 0.6) is 0 Å². The number of nitrogens with two attached hydrogens (primary N) is 1. The summed E-state index contributed by atoms with van der Waals surface area (Å²) in [5.41, 5.74) is 5.61. The standard InChI is InChI=1S/C14H16BrFN2OS/c15-11-8-9(16)4-5-10(11)12(19)18-14(13(17)20)6-2-1-3-7-14/h4-5,8H,1-3,6-7H2,(H2,17,20)(H,18,19). The predicted molar refractivity (Wildman–Crippen MR) is 84.2 cm³/mol. The highest BCUT2D eigenvalue weighted by Gasteiger charge is 2.36. The van der Waals surface area contributed by atoms with Gasteiger partial charge in [-0.1, -0.05) is 31.5 Å². The second-order valence-corrected chi connectivity index (χ2v) is 6.38. The number of benzene rings is 1. The largest absolute Gasteiger partial charge is 0.391 e. The van der Waals surface area contributed by atoms with Crippen molar-refractivity contribution in [2.75, 3.05) is 0 Å². The Morgan fingerprint density at radius 2 is 2.00 bits per heavy atom. The van der Waals surface area contributed by atoms with E-state index in [0.717, 1.165) is 32.1 Å². The third-order valence-electron chi connectivity index (χ3n) is 3.71. The molecule has 0 atom stereocenters. The van der Waals surface area contributed by atoms with Crippen molar-refractivity contribution in [1.82, 2.24) is 5.32 Å². The summed E-state index contributed by atoms with van der Waals surface area (Å²) in [6, 6.07) is 3.97. The average Bonchev–Trinajstić information content (AvgIpc) is 2.39. The van der Waals surface area contributed by atoms with Crippen molar-refractivity contribution < 1.29 is 9.18 Å². The number of halogens is 2. The fourth-order valence-corrected chi connectivity index (χ4v) is 3.33. The second-order valence-electron chi connectivity index (χ2n) is 5.09. The molecular weight excluding hydrogens is 343 g/mol. The molecule has 0 aromatic heterocycles. The van der Waals surface area contributed by atoms with Crippen LogP contribution in [0.1, 0.15) is 42.5 Å². The third-order valence-corrected chi connectivity index (χ3v) is 4.75. The minimum Gasteiger partial charge on any atom is -0.391 e. The summed E-state index contributed by atoms with van der Waals surface area (Å²) >= 11 is 8.34. The number of nitrogens with one attached hydrogen (secondary N) is 1. The molecule has 1 aromatic carbocycles. The van der Waals surface area contributed by atoms with E-state index in [0.29, 0.717) is 15.0 Å². The lowest BCUT2D eigenvalue weighted by atomic mass is 9.81. The van der Waals surface area contributed by atoms with Crippen LogP contribution in [0, 0.1) is 5.82 Å². The van der Waals surface area contributed by atoms with Crippen LogP contribution in [0.2, 0.25) is 0 Å². The smallest absolute Gasteiger partial charge is 0.253 e. The summed E-state index contributed by atoms with van der Waals surface area (Å²) in [4.78, 5) is 12.7. The van der Waals surface area contributed by atoms with E-state index in [1.807, 2.05) is 0 Å². The van der Waals surface area contributed by atoms with Gasteiger partial charge in [-0.15, -0.1) is 0 Å². The van der Waals surface area contributed by atoms with E-state index in [1.54, 1.807) is 0 Å². The zero-order chi connectivity index (χ0) is 14.8. The Balaban J connectivity index is 2.22. The minimum absolute atomic E-state index is 0.286. The van der Waals surface area contributed by atoms with Gasteiger partial charge in [-0.3, -0.25) is 4.79 Å². The lowest BCUT2D eigenvalue weighted by Gasteiger charge is -2.37. The van der Waals surface area contributed by atoms with E-state index < -0.39 is 11.4 Å². The van der Waals surface area contributed by atoms with E-state index in [4.69, 9.17) is 18.0 Å². The molecule has 0 spiro atoms. The van der Waals surface area contributed by atoms with Crippen LogP contribution in [0.3, 0.4) is 0 Å². The predicted octanol–water partition coefficient (Wildman–Crippen LogP) is 3.31. The summed E-state index contributed by atoms with van der Waals surface area (Å²) in [5.74, 6) is -0.679. The van der Waals surface area contributed by atoms with Crippen LogP contribution in [-0.2, 0) is 0 Å². The fraction of sp³-hybridized carbons (Fsp3) is 0.429. The highest BCUT2D eigenvalue weighted by atomic mass is 79.9. The Bertz CT molecular complexity index is 544. The van der Waals surface area contributed by atoms with Gasteiger partial charge >= 0.3 is 0 Å². The van der Waals surface area contributed by atoms with E-state index in [2.05, 4.69) is 21.2 Å². The molecule has 108 valence electrons. The van der Waals surface area contributed by atoms with Crippen LogP contribution in [0.4, 0.5) is 4.39 Å². The topological polar surface area (TPSA) is 55.1 Å². The van der Waals surface area contributed by atoms with E-state index >= 15 is 0 Å². The molecule has 1 aromatic rings. The summed E-state index contributed by atoms with van der Waals surface area (Å²) in [6.07, 6.45) is 4.62. The van der Waals surface area contributed by atoms with Crippen molar-refractivity contribution in [3.63, 3.8) is 0 Å². The van der Waals surface area contributed by atoms with Gasteiger partial charge in [0.2, 0.25) is 0 Å². The van der Waals surface area contributed by atoms with Gasteiger partial charge in [0.1, 0.15) is 5.82 Å². The molecule has 2 rings (SSSR count). The molecule has 0 radical (unpaired) electrons. The number of hydrogen-bond acceptors (Lipinski definition) is 2. The molecule has 0 heterocycles. The fourth-order valence-electron chi connectivity index (χ4n) is 2.55. The SMILES string of the molecule is NC(=S)C1(NC(=O)c2ccc(F)cc2Br)CCCCC1. The second kappa shape index (κ2) is 6.18. The normalized spacial score (nSPS) is 17.5. The Kier molecular flexibility index (Phi) is 4.75. The van der Waals surface area contributed by atoms with Crippen LogP contribution in [0.15, 0.2) is 22.7 Å². The van der Waals surface area contributed by atoms with E-state index in [9.17, 15) is 9.18 Å². The zero-order valence-corrected chi connectivity index (χ0v) is 13.3. The molecule has 1 aliphatic rings. The number of carbonyl (C=O) groups is 1. The molecule has 1 aliphatic carbocycles. The van der Waals surface area contributed by atoms with Gasteiger partial charge in [0.05, 0.1) is 16.1 Å². The number of rotatable bonds is 3. The highest BCUT2D eigenvalue weighted by molar-refractivity contribution is 9.10. The van der Waals surface area contributed by atoms with Gasteiger partial charge < -0.3 is 11.1 Å². The Hall–Kier alpha value is -1.01. The van der Waals surface area contributed by atoms with Crippen LogP contribution >= 0.6 is 28.1 Å². The van der Waals surface area contributed by atoms with Crippen LogP contribution in [0.25, 0.3) is 0 Å². The molecule has 0 saturated heterocycles. The molecule has 3 N–H and O–H groups in total. The summed E-state index contributed by atoms with van der Waals surface area (Å²) in [5, 5.41) is 2.95. The molecule has 0 bridgehead atoms. The molecule has 1 saturated carbocycles. The van der Waals surface area contributed by atoms with Crippen LogP contribution in [-0.4, -0.2) is 16.4 Å². The molecule has 20 heavy (non-hydrogen) atoms. The number of amides is 1. The Morgan fingerprint density at radius 1 is 1.35 bits per heavy atom. The van der Waals surface area contributed by atoms with Crippen molar-refractivity contribution in [3.05, 3.63) is 34.1 Å². The maximum absolute atomic E-state index is 13.1. The van der Waals surface area contributed by atoms with Crippen molar-refractivity contribution >= 4 is 39.0 Å². The van der Waals surface area contributed by atoms with E-state index in [-0.39, 0.29) is 5.91 Å². The van der Waals surface area contributed by atoms with Gasteiger partial charge in [0, 0.05) is 4.47 Å². The molecular formula is C14H16BrFN2OS. The maximum atomic E-state index is 13.1. The van der Waals surface area contributed by atoms with Gasteiger partial charge in [-0.25, -0.2) is 4.39 Å². The average molecular weight is 359 g/mol. The third kappa shape index (κ3) is 3.17. The molecule has 0 aliphatic heterocycles. The van der Waals surface area contributed by atoms with Gasteiger partial charge in [-0.05, 0) is 47.0 Å². The summed E-state index contributed by atoms with van der Waals surface area (Å²) in [6.45, 7) is 0. The number of hydrogen-bond donors (Lipinski definition) is 2. The first kappa shape index (κ1) is 15.4. The van der Waals surface area contributed by atoms with Gasteiger partial charge in [-0.2, -0.15) is 0 Å². The minimum atomic E-state index is -0.613. The molecule has 1 fully saturated rings. The molecule has 0 unspecified atom stereocenters. The lowest BCUT2D eigenvalue weighted by molar-refractivity contribution is 0.0907. The Morgan fingerprint density at radius 3 is 2.55 bits per heavy atom. The molecule has 1 amide bonds. The molecule has 3 nitrogen and oxygen atoms in total.